The van der Waals surface area contributed by atoms with Crippen LogP contribution in [0.5, 0.6) is 0 Å². The van der Waals surface area contributed by atoms with E-state index in [2.05, 4.69) is 24.0 Å². The predicted octanol–water partition coefficient (Wildman–Crippen LogP) is 3.21. The second-order valence-electron chi connectivity index (χ2n) is 4.84. The zero-order valence-electron chi connectivity index (χ0n) is 9.91. The zero-order chi connectivity index (χ0) is 11.7. The Morgan fingerprint density at radius 1 is 1.50 bits per heavy atom. The Morgan fingerprint density at radius 2 is 2.25 bits per heavy atom. The maximum Gasteiger partial charge on any atom is 0.0642 e. The highest BCUT2D eigenvalue weighted by atomic mass is 35.5. The smallest absolute Gasteiger partial charge is 0.0642 e. The molecule has 0 amide bonds. The molecule has 0 radical (unpaired) electrons. The SMILES string of the molecule is CC1CCN(c2ccc([C@H](C)N)cc2Cl)C1. The third kappa shape index (κ3) is 2.33. The molecule has 2 rings (SSSR count). The summed E-state index contributed by atoms with van der Waals surface area (Å²) < 4.78 is 0. The topological polar surface area (TPSA) is 29.3 Å². The van der Waals surface area contributed by atoms with Crippen LogP contribution in [0.3, 0.4) is 0 Å². The number of nitrogens with zero attached hydrogens (tertiary/aromatic N) is 1. The van der Waals surface area contributed by atoms with Gasteiger partial charge in [0.1, 0.15) is 0 Å². The van der Waals surface area contributed by atoms with Gasteiger partial charge in [-0.1, -0.05) is 24.6 Å². The lowest BCUT2D eigenvalue weighted by molar-refractivity contribution is 0.659. The maximum atomic E-state index is 6.30. The number of benzene rings is 1. The van der Waals surface area contributed by atoms with Gasteiger partial charge in [-0.25, -0.2) is 0 Å². The van der Waals surface area contributed by atoms with Gasteiger partial charge >= 0.3 is 0 Å². The summed E-state index contributed by atoms with van der Waals surface area (Å²) in [6.45, 7) is 6.48. The molecule has 1 aliphatic rings. The summed E-state index contributed by atoms with van der Waals surface area (Å²) in [6, 6.07) is 6.21. The van der Waals surface area contributed by atoms with Gasteiger partial charge in [0.25, 0.3) is 0 Å². The van der Waals surface area contributed by atoms with E-state index in [1.54, 1.807) is 0 Å². The fraction of sp³-hybridized carbons (Fsp3) is 0.538. The van der Waals surface area contributed by atoms with Crippen molar-refractivity contribution in [1.29, 1.82) is 0 Å². The number of nitrogens with two attached hydrogens (primary N) is 1. The van der Waals surface area contributed by atoms with Crippen LogP contribution in [0.15, 0.2) is 18.2 Å². The molecular formula is C13H19ClN2. The summed E-state index contributed by atoms with van der Waals surface area (Å²) in [4.78, 5) is 2.36. The van der Waals surface area contributed by atoms with E-state index in [4.69, 9.17) is 17.3 Å². The Balaban J connectivity index is 2.22. The van der Waals surface area contributed by atoms with Gasteiger partial charge in [0, 0.05) is 19.1 Å². The minimum absolute atomic E-state index is 0.0454. The van der Waals surface area contributed by atoms with Gasteiger partial charge in [-0.3, -0.25) is 0 Å². The second-order valence-corrected chi connectivity index (χ2v) is 5.25. The Bertz CT molecular complexity index is 376. The molecule has 1 aromatic carbocycles. The van der Waals surface area contributed by atoms with Crippen molar-refractivity contribution in [2.24, 2.45) is 11.7 Å². The Morgan fingerprint density at radius 3 is 2.75 bits per heavy atom. The first kappa shape index (κ1) is 11.7. The summed E-state index contributed by atoms with van der Waals surface area (Å²) in [7, 11) is 0. The normalized spacial score (nSPS) is 22.5. The van der Waals surface area contributed by atoms with Crippen LogP contribution in [0.1, 0.15) is 31.9 Å². The molecule has 1 aliphatic heterocycles. The molecule has 2 N–H and O–H groups in total. The quantitative estimate of drug-likeness (QED) is 0.858. The van der Waals surface area contributed by atoms with E-state index in [1.807, 2.05) is 13.0 Å². The summed E-state index contributed by atoms with van der Waals surface area (Å²) in [5, 5.41) is 0.823. The number of hydrogen-bond acceptors (Lipinski definition) is 2. The third-order valence-electron chi connectivity index (χ3n) is 3.26. The van der Waals surface area contributed by atoms with Crippen LogP contribution in [0.4, 0.5) is 5.69 Å². The van der Waals surface area contributed by atoms with E-state index in [1.165, 1.54) is 6.42 Å². The lowest BCUT2D eigenvalue weighted by atomic mass is 10.1. The highest BCUT2D eigenvalue weighted by Gasteiger charge is 2.20. The first-order valence-corrected chi connectivity index (χ1v) is 6.25. The molecule has 1 fully saturated rings. The molecular weight excluding hydrogens is 220 g/mol. The van der Waals surface area contributed by atoms with Crippen LogP contribution < -0.4 is 10.6 Å². The van der Waals surface area contributed by atoms with Crippen molar-refractivity contribution in [3.8, 4) is 0 Å². The fourth-order valence-electron chi connectivity index (χ4n) is 2.22. The van der Waals surface area contributed by atoms with Crippen molar-refractivity contribution in [1.82, 2.24) is 0 Å². The molecule has 0 spiro atoms. The van der Waals surface area contributed by atoms with Gasteiger partial charge < -0.3 is 10.6 Å². The zero-order valence-corrected chi connectivity index (χ0v) is 10.7. The molecule has 2 atom stereocenters. The lowest BCUT2D eigenvalue weighted by Crippen LogP contribution is -2.19. The summed E-state index contributed by atoms with van der Waals surface area (Å²) >= 11 is 6.30. The first-order valence-electron chi connectivity index (χ1n) is 5.88. The second kappa shape index (κ2) is 4.64. The number of hydrogen-bond donors (Lipinski definition) is 1. The third-order valence-corrected chi connectivity index (χ3v) is 3.56. The molecule has 1 saturated heterocycles. The first-order chi connectivity index (χ1) is 7.58. The van der Waals surface area contributed by atoms with Gasteiger partial charge in [0.15, 0.2) is 0 Å². The molecule has 0 saturated carbocycles. The minimum atomic E-state index is 0.0454. The van der Waals surface area contributed by atoms with Gasteiger partial charge in [0.2, 0.25) is 0 Å². The van der Waals surface area contributed by atoms with Crippen molar-refractivity contribution in [3.05, 3.63) is 28.8 Å². The van der Waals surface area contributed by atoms with E-state index < -0.39 is 0 Å². The van der Waals surface area contributed by atoms with Gasteiger partial charge in [-0.15, -0.1) is 0 Å². The Kier molecular flexibility index (Phi) is 3.41. The average molecular weight is 239 g/mol. The van der Waals surface area contributed by atoms with Crippen LogP contribution >= 0.6 is 11.6 Å². The molecule has 1 aromatic rings. The molecule has 1 unspecified atom stereocenters. The van der Waals surface area contributed by atoms with Crippen LogP contribution in [0, 0.1) is 5.92 Å². The molecule has 3 heteroatoms. The molecule has 16 heavy (non-hydrogen) atoms. The van der Waals surface area contributed by atoms with E-state index in [0.29, 0.717) is 0 Å². The fourth-order valence-corrected chi connectivity index (χ4v) is 2.53. The lowest BCUT2D eigenvalue weighted by Gasteiger charge is -2.20. The largest absolute Gasteiger partial charge is 0.370 e. The van der Waals surface area contributed by atoms with E-state index in [-0.39, 0.29) is 6.04 Å². The van der Waals surface area contributed by atoms with Crippen LogP contribution in [0.25, 0.3) is 0 Å². The molecule has 0 aliphatic carbocycles. The number of anilines is 1. The highest BCUT2D eigenvalue weighted by molar-refractivity contribution is 6.33. The highest BCUT2D eigenvalue weighted by Crippen LogP contribution is 2.32. The van der Waals surface area contributed by atoms with E-state index in [9.17, 15) is 0 Å². The molecule has 2 nitrogen and oxygen atoms in total. The van der Waals surface area contributed by atoms with E-state index >= 15 is 0 Å². The molecule has 1 heterocycles. The van der Waals surface area contributed by atoms with Crippen molar-refractivity contribution in [2.75, 3.05) is 18.0 Å². The minimum Gasteiger partial charge on any atom is -0.370 e. The monoisotopic (exact) mass is 238 g/mol. The van der Waals surface area contributed by atoms with Crippen LogP contribution in [0.2, 0.25) is 5.02 Å². The molecule has 88 valence electrons. The summed E-state index contributed by atoms with van der Waals surface area (Å²) in [6.07, 6.45) is 1.26. The van der Waals surface area contributed by atoms with Crippen LogP contribution in [-0.4, -0.2) is 13.1 Å². The average Bonchev–Trinajstić information content (AvgIpc) is 2.64. The Hall–Kier alpha value is -0.730. The van der Waals surface area contributed by atoms with Crippen molar-refractivity contribution in [2.45, 2.75) is 26.3 Å². The van der Waals surface area contributed by atoms with Gasteiger partial charge in [0.05, 0.1) is 10.7 Å². The Labute approximate surface area is 102 Å². The maximum absolute atomic E-state index is 6.30. The summed E-state index contributed by atoms with van der Waals surface area (Å²) in [5.74, 6) is 0.768. The van der Waals surface area contributed by atoms with Crippen LogP contribution in [-0.2, 0) is 0 Å². The number of rotatable bonds is 2. The van der Waals surface area contributed by atoms with Crippen molar-refractivity contribution >= 4 is 17.3 Å². The number of halogens is 1. The van der Waals surface area contributed by atoms with Gasteiger partial charge in [-0.2, -0.15) is 0 Å². The van der Waals surface area contributed by atoms with E-state index in [0.717, 1.165) is 35.3 Å². The molecule has 0 aromatic heterocycles. The van der Waals surface area contributed by atoms with Crippen molar-refractivity contribution in [3.63, 3.8) is 0 Å². The van der Waals surface area contributed by atoms with Gasteiger partial charge in [-0.05, 0) is 37.0 Å². The standard InChI is InChI=1S/C13H19ClN2/c1-9-5-6-16(8-9)13-4-3-11(10(2)15)7-12(13)14/h3-4,7,9-10H,5-6,8,15H2,1-2H3/t9?,10-/m0/s1. The summed E-state index contributed by atoms with van der Waals surface area (Å²) in [5.41, 5.74) is 8.08. The molecule has 0 bridgehead atoms. The van der Waals surface area contributed by atoms with Crippen molar-refractivity contribution < 1.29 is 0 Å². The predicted molar refractivity (Wildman–Crippen MR) is 70.0 cm³/mol.